The van der Waals surface area contributed by atoms with Crippen LogP contribution in [0, 0.1) is 0 Å². The van der Waals surface area contributed by atoms with Crippen molar-refractivity contribution in [1.29, 1.82) is 0 Å². The smallest absolute Gasteiger partial charge is 0.00255 e. The molecular weight excluding hydrogens is 384 g/mol. The summed E-state index contributed by atoms with van der Waals surface area (Å²) in [4.78, 5) is 0. The first-order valence-electron chi connectivity index (χ1n) is 11.8. The van der Waals surface area contributed by atoms with Gasteiger partial charge in [-0.05, 0) is 80.6 Å². The third kappa shape index (κ3) is 4.46. The fourth-order valence-corrected chi connectivity index (χ4v) is 4.60. The van der Waals surface area contributed by atoms with Crippen LogP contribution in [-0.2, 0) is 25.7 Å². The molecule has 32 heavy (non-hydrogen) atoms. The molecule has 5 aromatic rings. The molecule has 0 atom stereocenters. The molecule has 0 unspecified atom stereocenters. The van der Waals surface area contributed by atoms with E-state index in [-0.39, 0.29) is 0 Å². The van der Waals surface area contributed by atoms with Gasteiger partial charge < -0.3 is 0 Å². The zero-order valence-electron chi connectivity index (χ0n) is 19.1. The molecule has 0 aliphatic carbocycles. The van der Waals surface area contributed by atoms with Gasteiger partial charge >= 0.3 is 0 Å². The third-order valence-corrected chi connectivity index (χ3v) is 6.59. The first-order valence-corrected chi connectivity index (χ1v) is 11.8. The van der Waals surface area contributed by atoms with Crippen LogP contribution in [0.3, 0.4) is 0 Å². The normalized spacial score (nSPS) is 11.3. The van der Waals surface area contributed by atoms with Crippen molar-refractivity contribution in [2.45, 2.75) is 39.5 Å². The van der Waals surface area contributed by atoms with Gasteiger partial charge in [-0.1, -0.05) is 111 Å². The minimum Gasteiger partial charge on any atom is -0.0613 e. The van der Waals surface area contributed by atoms with E-state index in [2.05, 4.69) is 111 Å². The number of benzene rings is 5. The van der Waals surface area contributed by atoms with Crippen LogP contribution in [0.5, 0.6) is 0 Å². The van der Waals surface area contributed by atoms with Crippen molar-refractivity contribution in [2.75, 3.05) is 0 Å². The third-order valence-electron chi connectivity index (χ3n) is 6.59. The molecule has 0 bridgehead atoms. The largest absolute Gasteiger partial charge is 0.0613 e. The summed E-state index contributed by atoms with van der Waals surface area (Å²) in [6.45, 7) is 4.42. The predicted octanol–water partition coefficient (Wildman–Crippen LogP) is 8.30. The van der Waals surface area contributed by atoms with Crippen LogP contribution in [0.1, 0.15) is 47.2 Å². The van der Waals surface area contributed by atoms with Gasteiger partial charge in [-0.15, -0.1) is 0 Å². The van der Waals surface area contributed by atoms with E-state index in [9.17, 15) is 0 Å². The van der Waals surface area contributed by atoms with E-state index in [0.29, 0.717) is 0 Å². The molecule has 0 aliphatic heterocycles. The van der Waals surface area contributed by atoms with Gasteiger partial charge in [0.15, 0.2) is 0 Å². The summed E-state index contributed by atoms with van der Waals surface area (Å²) in [5.74, 6) is 0. The fraction of sp³-hybridized carbons (Fsp3) is 0.188. The molecular formula is C32H30. The SMILES string of the molecule is CCc1ccc2cc(Cc3ccc(Cc4ccc5cc(CC)ccc5c4)cc3)ccc2c1. The van der Waals surface area contributed by atoms with E-state index in [0.717, 1.165) is 25.7 Å². The lowest BCUT2D eigenvalue weighted by atomic mass is 9.97. The summed E-state index contributed by atoms with van der Waals surface area (Å²) >= 11 is 0. The first-order chi connectivity index (χ1) is 15.7. The van der Waals surface area contributed by atoms with Crippen LogP contribution in [0.2, 0.25) is 0 Å². The van der Waals surface area contributed by atoms with Gasteiger partial charge in [-0.25, -0.2) is 0 Å². The first kappa shape index (κ1) is 20.5. The predicted molar refractivity (Wildman–Crippen MR) is 139 cm³/mol. The summed E-state index contributed by atoms with van der Waals surface area (Å²) in [5.41, 5.74) is 8.27. The molecule has 0 aromatic heterocycles. The van der Waals surface area contributed by atoms with E-state index in [4.69, 9.17) is 0 Å². The molecule has 158 valence electrons. The maximum Gasteiger partial charge on any atom is -0.00255 e. The lowest BCUT2D eigenvalue weighted by Gasteiger charge is -2.08. The Kier molecular flexibility index (Phi) is 5.77. The number of hydrogen-bond acceptors (Lipinski definition) is 0. The van der Waals surface area contributed by atoms with Crippen LogP contribution in [0.25, 0.3) is 21.5 Å². The highest BCUT2D eigenvalue weighted by atomic mass is 14.1. The molecule has 0 spiro atoms. The average Bonchev–Trinajstić information content (AvgIpc) is 2.84. The molecule has 5 aromatic carbocycles. The Morgan fingerprint density at radius 3 is 0.969 bits per heavy atom. The number of rotatable bonds is 6. The summed E-state index contributed by atoms with van der Waals surface area (Å²) in [5, 5.41) is 5.34. The Morgan fingerprint density at radius 2 is 0.625 bits per heavy atom. The monoisotopic (exact) mass is 414 g/mol. The Morgan fingerprint density at radius 1 is 0.344 bits per heavy atom. The molecule has 0 heterocycles. The molecule has 0 radical (unpaired) electrons. The van der Waals surface area contributed by atoms with Crippen molar-refractivity contribution < 1.29 is 0 Å². The highest BCUT2D eigenvalue weighted by Gasteiger charge is 2.03. The average molecular weight is 415 g/mol. The molecule has 0 heteroatoms. The number of fused-ring (bicyclic) bond motifs is 2. The highest BCUT2D eigenvalue weighted by Crippen LogP contribution is 2.22. The summed E-state index contributed by atoms with van der Waals surface area (Å²) < 4.78 is 0. The van der Waals surface area contributed by atoms with E-state index < -0.39 is 0 Å². The zero-order valence-corrected chi connectivity index (χ0v) is 19.1. The van der Waals surface area contributed by atoms with Crippen LogP contribution >= 0.6 is 0 Å². The van der Waals surface area contributed by atoms with Gasteiger partial charge in [0.25, 0.3) is 0 Å². The Hall–Kier alpha value is -3.38. The number of aryl methyl sites for hydroxylation is 2. The molecule has 5 rings (SSSR count). The highest BCUT2D eigenvalue weighted by molar-refractivity contribution is 5.84. The maximum atomic E-state index is 2.34. The van der Waals surface area contributed by atoms with Crippen LogP contribution < -0.4 is 0 Å². The van der Waals surface area contributed by atoms with Gasteiger partial charge in [0.2, 0.25) is 0 Å². The topological polar surface area (TPSA) is 0 Å². The van der Waals surface area contributed by atoms with Crippen molar-refractivity contribution in [1.82, 2.24) is 0 Å². The van der Waals surface area contributed by atoms with Crippen molar-refractivity contribution in [3.05, 3.63) is 130 Å². The lowest BCUT2D eigenvalue weighted by Crippen LogP contribution is -1.92. The summed E-state index contributed by atoms with van der Waals surface area (Å²) in [7, 11) is 0. The molecule has 0 N–H and O–H groups in total. The van der Waals surface area contributed by atoms with Gasteiger partial charge in [-0.2, -0.15) is 0 Å². The fourth-order valence-electron chi connectivity index (χ4n) is 4.60. The Labute approximate surface area is 191 Å². The number of hydrogen-bond donors (Lipinski definition) is 0. The lowest BCUT2D eigenvalue weighted by molar-refractivity contribution is 1.14. The van der Waals surface area contributed by atoms with Crippen LogP contribution in [0.15, 0.2) is 97.1 Å². The molecule has 0 amide bonds. The summed E-state index contributed by atoms with van der Waals surface area (Å²) in [6, 6.07) is 36.5. The molecule has 0 saturated carbocycles. The van der Waals surface area contributed by atoms with Crippen molar-refractivity contribution in [3.8, 4) is 0 Å². The van der Waals surface area contributed by atoms with Crippen molar-refractivity contribution in [3.63, 3.8) is 0 Å². The van der Waals surface area contributed by atoms with E-state index >= 15 is 0 Å². The van der Waals surface area contributed by atoms with E-state index in [1.54, 1.807) is 0 Å². The van der Waals surface area contributed by atoms with Gasteiger partial charge in [0.05, 0.1) is 0 Å². The van der Waals surface area contributed by atoms with E-state index in [1.165, 1.54) is 54.9 Å². The maximum absolute atomic E-state index is 2.34. The van der Waals surface area contributed by atoms with Crippen LogP contribution in [-0.4, -0.2) is 0 Å². The molecule has 0 nitrogen and oxygen atoms in total. The quantitative estimate of drug-likeness (QED) is 0.262. The standard InChI is InChI=1S/C32H30/c1-3-23-9-13-31-21-27(11-15-29(31)19-23)17-25-5-7-26(8-6-25)18-28-12-16-30-20-24(4-2)10-14-32(30)22-28/h5-16,19-22H,3-4,17-18H2,1-2H3. The van der Waals surface area contributed by atoms with Crippen molar-refractivity contribution in [2.24, 2.45) is 0 Å². The molecule has 0 aliphatic rings. The zero-order chi connectivity index (χ0) is 21.9. The Bertz CT molecular complexity index is 1260. The Balaban J connectivity index is 1.30. The minimum absolute atomic E-state index is 0.974. The molecule has 0 saturated heterocycles. The van der Waals surface area contributed by atoms with Crippen LogP contribution in [0.4, 0.5) is 0 Å². The molecule has 0 fully saturated rings. The second-order valence-electron chi connectivity index (χ2n) is 8.91. The second kappa shape index (κ2) is 9.01. The minimum atomic E-state index is 0.974. The van der Waals surface area contributed by atoms with E-state index in [1.807, 2.05) is 0 Å². The van der Waals surface area contributed by atoms with Gasteiger partial charge in [0, 0.05) is 0 Å². The van der Waals surface area contributed by atoms with Gasteiger partial charge in [0.1, 0.15) is 0 Å². The summed E-state index contributed by atoms with van der Waals surface area (Å²) in [6.07, 6.45) is 4.12. The van der Waals surface area contributed by atoms with Gasteiger partial charge in [-0.3, -0.25) is 0 Å². The second-order valence-corrected chi connectivity index (χ2v) is 8.91. The van der Waals surface area contributed by atoms with Crippen molar-refractivity contribution >= 4 is 21.5 Å².